The lowest BCUT2D eigenvalue weighted by Crippen LogP contribution is -2.57. The van der Waals surface area contributed by atoms with E-state index in [9.17, 15) is 4.79 Å². The van der Waals surface area contributed by atoms with Gasteiger partial charge in [0.15, 0.2) is 5.82 Å². The number of amides is 1. The maximum absolute atomic E-state index is 12.9. The van der Waals surface area contributed by atoms with Crippen molar-refractivity contribution in [1.82, 2.24) is 15.0 Å². The maximum atomic E-state index is 12.9. The first kappa shape index (κ1) is 17.7. The molecule has 0 bridgehead atoms. The number of nitrogens with two attached hydrogens (primary N) is 1. The van der Waals surface area contributed by atoms with Crippen molar-refractivity contribution in [2.24, 2.45) is 5.73 Å². The van der Waals surface area contributed by atoms with Crippen LogP contribution in [0, 0.1) is 0 Å². The van der Waals surface area contributed by atoms with E-state index >= 15 is 0 Å². The fourth-order valence-electron chi connectivity index (χ4n) is 3.99. The predicted octanol–water partition coefficient (Wildman–Crippen LogP) is 2.74. The Bertz CT molecular complexity index is 581. The summed E-state index contributed by atoms with van der Waals surface area (Å²) in [5.41, 5.74) is 5.79. The smallest absolute Gasteiger partial charge is 0.242 e. The van der Waals surface area contributed by atoms with Crippen LogP contribution in [0.1, 0.15) is 81.3 Å². The quantitative estimate of drug-likeness (QED) is 0.902. The molecule has 24 heavy (non-hydrogen) atoms. The zero-order chi connectivity index (χ0) is 15.9. The first-order chi connectivity index (χ1) is 11.2. The molecular weight excluding hydrogens is 328 g/mol. The van der Waals surface area contributed by atoms with Crippen molar-refractivity contribution in [3.63, 3.8) is 0 Å². The van der Waals surface area contributed by atoms with Crippen LogP contribution in [0.25, 0.3) is 0 Å². The van der Waals surface area contributed by atoms with Crippen LogP contribution in [-0.4, -0.2) is 39.6 Å². The molecule has 1 atom stereocenters. The first-order valence-electron chi connectivity index (χ1n) is 9.07. The van der Waals surface area contributed by atoms with Crippen LogP contribution in [0.2, 0.25) is 0 Å². The topological polar surface area (TPSA) is 85.3 Å². The minimum atomic E-state index is -0.642. The molecule has 1 aliphatic heterocycles. The summed E-state index contributed by atoms with van der Waals surface area (Å²) in [5, 5.41) is 4.17. The predicted molar refractivity (Wildman–Crippen MR) is 92.1 cm³/mol. The summed E-state index contributed by atoms with van der Waals surface area (Å²) in [6, 6.07) is 0. The Morgan fingerprint density at radius 1 is 1.12 bits per heavy atom. The lowest BCUT2D eigenvalue weighted by Gasteiger charge is -2.40. The normalized spacial score (nSPS) is 26.7. The van der Waals surface area contributed by atoms with Crippen molar-refractivity contribution in [1.29, 1.82) is 0 Å². The number of aromatic nitrogens is 2. The van der Waals surface area contributed by atoms with Crippen LogP contribution in [0.5, 0.6) is 0 Å². The average Bonchev–Trinajstić information content (AvgIpc) is 3.32. The monoisotopic (exact) mass is 354 g/mol. The van der Waals surface area contributed by atoms with Crippen LogP contribution in [-0.2, 0) is 4.79 Å². The first-order valence-corrected chi connectivity index (χ1v) is 9.07. The minimum Gasteiger partial charge on any atom is -0.340 e. The van der Waals surface area contributed by atoms with Crippen molar-refractivity contribution in [3.05, 3.63) is 11.7 Å². The molecule has 2 saturated carbocycles. The Kier molecular flexibility index (Phi) is 5.16. The molecule has 7 heteroatoms. The number of piperidine rings is 1. The fraction of sp³-hybridized carbons (Fsp3) is 0.824. The van der Waals surface area contributed by atoms with E-state index in [-0.39, 0.29) is 24.2 Å². The average molecular weight is 355 g/mol. The third-order valence-electron chi connectivity index (χ3n) is 5.63. The summed E-state index contributed by atoms with van der Waals surface area (Å²) >= 11 is 0. The molecule has 0 radical (unpaired) electrons. The van der Waals surface area contributed by atoms with E-state index in [4.69, 9.17) is 10.3 Å². The second-order valence-corrected chi connectivity index (χ2v) is 7.57. The Morgan fingerprint density at radius 2 is 1.88 bits per heavy atom. The Morgan fingerprint density at radius 3 is 2.58 bits per heavy atom. The molecule has 4 rings (SSSR count). The molecule has 1 amide bonds. The molecule has 3 aliphatic rings. The van der Waals surface area contributed by atoms with Gasteiger partial charge in [0, 0.05) is 24.9 Å². The summed E-state index contributed by atoms with van der Waals surface area (Å²) in [5.74, 6) is 2.36. The highest BCUT2D eigenvalue weighted by Gasteiger charge is 2.40. The largest absolute Gasteiger partial charge is 0.340 e. The van der Waals surface area contributed by atoms with Gasteiger partial charge >= 0.3 is 0 Å². The van der Waals surface area contributed by atoms with E-state index in [1.807, 2.05) is 4.90 Å². The third-order valence-corrected chi connectivity index (χ3v) is 5.63. The molecule has 1 aromatic rings. The van der Waals surface area contributed by atoms with Crippen LogP contribution < -0.4 is 5.73 Å². The second kappa shape index (κ2) is 7.00. The van der Waals surface area contributed by atoms with Gasteiger partial charge in [-0.05, 0) is 38.5 Å². The van der Waals surface area contributed by atoms with Crippen molar-refractivity contribution in [2.45, 2.75) is 75.2 Å². The van der Waals surface area contributed by atoms with Gasteiger partial charge in [0.05, 0.1) is 5.54 Å². The lowest BCUT2D eigenvalue weighted by molar-refractivity contribution is -0.139. The van der Waals surface area contributed by atoms with Gasteiger partial charge in [0.25, 0.3) is 0 Å². The molecule has 3 fully saturated rings. The maximum Gasteiger partial charge on any atom is 0.242 e. The molecule has 1 aromatic heterocycles. The number of carbonyl (C=O) groups is 1. The number of likely N-dealkylation sites (tertiary alicyclic amines) is 1. The fourth-order valence-corrected chi connectivity index (χ4v) is 3.99. The highest BCUT2D eigenvalue weighted by atomic mass is 35.5. The second-order valence-electron chi connectivity index (χ2n) is 7.57. The van der Waals surface area contributed by atoms with Crippen molar-refractivity contribution >= 4 is 18.3 Å². The third kappa shape index (κ3) is 3.45. The van der Waals surface area contributed by atoms with E-state index in [1.54, 1.807) is 0 Å². The summed E-state index contributed by atoms with van der Waals surface area (Å²) in [7, 11) is 0. The van der Waals surface area contributed by atoms with Gasteiger partial charge in [0.1, 0.15) is 0 Å². The lowest BCUT2D eigenvalue weighted by atomic mass is 9.81. The van der Waals surface area contributed by atoms with E-state index in [0.717, 1.165) is 69.6 Å². The number of rotatable bonds is 3. The van der Waals surface area contributed by atoms with Crippen LogP contribution >= 0.6 is 12.4 Å². The van der Waals surface area contributed by atoms with E-state index in [1.165, 1.54) is 6.42 Å². The van der Waals surface area contributed by atoms with Gasteiger partial charge < -0.3 is 15.2 Å². The van der Waals surface area contributed by atoms with E-state index in [2.05, 4.69) is 10.1 Å². The van der Waals surface area contributed by atoms with Crippen molar-refractivity contribution in [2.75, 3.05) is 13.1 Å². The Labute approximate surface area is 148 Å². The molecule has 1 saturated heterocycles. The van der Waals surface area contributed by atoms with E-state index in [0.29, 0.717) is 12.5 Å². The van der Waals surface area contributed by atoms with Gasteiger partial charge in [-0.2, -0.15) is 4.98 Å². The molecular formula is C17H27ClN4O2. The summed E-state index contributed by atoms with van der Waals surface area (Å²) in [6.07, 6.45) is 9.29. The van der Waals surface area contributed by atoms with Crippen LogP contribution in [0.3, 0.4) is 0 Å². The summed E-state index contributed by atoms with van der Waals surface area (Å²) in [6.45, 7) is 1.49. The Hall–Kier alpha value is -1.14. The number of carbonyl (C=O) groups excluding carboxylic acids is 1. The molecule has 0 aromatic carbocycles. The van der Waals surface area contributed by atoms with Crippen LogP contribution in [0.15, 0.2) is 4.52 Å². The molecule has 2 N–H and O–H groups in total. The summed E-state index contributed by atoms with van der Waals surface area (Å²) < 4.78 is 5.38. The SMILES string of the molecule is Cl.NC1(C(=O)N2CCCC(c3noc(C4CC4)n3)C2)CCCCC1. The highest BCUT2D eigenvalue weighted by Crippen LogP contribution is 2.40. The minimum absolute atomic E-state index is 0. The number of hydrogen-bond acceptors (Lipinski definition) is 5. The van der Waals surface area contributed by atoms with Gasteiger partial charge in [-0.3, -0.25) is 4.79 Å². The van der Waals surface area contributed by atoms with Crippen molar-refractivity contribution < 1.29 is 9.32 Å². The number of nitrogens with zero attached hydrogens (tertiary/aromatic N) is 3. The summed E-state index contributed by atoms with van der Waals surface area (Å²) in [4.78, 5) is 19.4. The standard InChI is InChI=1S/C17H26N4O2.ClH/c18-17(8-2-1-3-9-17)16(22)21-10-4-5-13(11-21)14-19-15(23-20-14)12-6-7-12;/h12-13H,1-11,18H2;1H. The van der Waals surface area contributed by atoms with Gasteiger partial charge in [-0.25, -0.2) is 0 Å². The van der Waals surface area contributed by atoms with E-state index < -0.39 is 5.54 Å². The molecule has 1 unspecified atom stereocenters. The molecule has 2 aliphatic carbocycles. The van der Waals surface area contributed by atoms with Gasteiger partial charge in [-0.15, -0.1) is 12.4 Å². The zero-order valence-electron chi connectivity index (χ0n) is 14.1. The van der Waals surface area contributed by atoms with Gasteiger partial charge in [0.2, 0.25) is 11.8 Å². The number of hydrogen-bond donors (Lipinski definition) is 1. The number of halogens is 1. The highest BCUT2D eigenvalue weighted by molar-refractivity contribution is 5.86. The molecule has 6 nitrogen and oxygen atoms in total. The van der Waals surface area contributed by atoms with Gasteiger partial charge in [-0.1, -0.05) is 24.4 Å². The molecule has 0 spiro atoms. The Balaban J connectivity index is 0.00000169. The zero-order valence-corrected chi connectivity index (χ0v) is 14.9. The van der Waals surface area contributed by atoms with Crippen molar-refractivity contribution in [3.8, 4) is 0 Å². The van der Waals surface area contributed by atoms with Crippen LogP contribution in [0.4, 0.5) is 0 Å². The molecule has 134 valence electrons. The molecule has 2 heterocycles.